The van der Waals surface area contributed by atoms with Gasteiger partial charge < -0.3 is 108 Å². The monoisotopic (exact) mass is 1520 g/mol. The van der Waals surface area contributed by atoms with Gasteiger partial charge in [0.25, 0.3) is 0 Å². The molecule has 1 aromatic carbocycles. The molecule has 13 amide bonds. The van der Waals surface area contributed by atoms with E-state index in [-0.39, 0.29) is 95.2 Å². The maximum Gasteiger partial charge on any atom is 0.245 e. The van der Waals surface area contributed by atoms with Crippen molar-refractivity contribution in [1.29, 1.82) is 0 Å². The van der Waals surface area contributed by atoms with Gasteiger partial charge in [0.05, 0.1) is 24.8 Å². The average molecular weight is 1520 g/mol. The third-order valence-electron chi connectivity index (χ3n) is 17.0. The van der Waals surface area contributed by atoms with Gasteiger partial charge in [0.1, 0.15) is 66.5 Å². The number of nitrogens with two attached hydrogens (primary N) is 5. The number of hydrogen-bond donors (Lipinski definition) is 20. The number of aromatic amines is 1. The number of thioether (sulfide) groups is 2. The molecule has 14 atom stereocenters. The standard InChI is InChI=1S/C70H122N18O15S2/c1-38(2)32-52(61(94)77-37-56(91)87-57(42(8)89)69(102)78-47(59(75)92)25-30-104-10)84-63(96)49(23-15-18-28-72)79-62(95)48(22-14-17-27-71)80-66(99)54(34-40(5)6)85-64(97)51(26-31-105-11)82-70(103)58(43(9)90)88-65(98)50(24-16-19-29-73)81-68(101)55(35-44-36-76-46-21-13-12-20-45(44)46)86-67(100)53(33-39(3)4)83-60(93)41(7)74/h12-13,20-21,36,38-43,47-55,57-58,76,89-90H,14-19,22-35,37,71-74H2,1-11H3,(H2,75,92)(H,77,94)(H,78,102)(H,79,95)(H,80,99)(H,81,101)(H,82,103)(H,83,93)(H,84,96)(H,85,97)(H,86,100)(H,87,91)(H,88,98)/t41-,42+,43+,47-,48-,49-,50-,51-,52-,53-,54-,55-,57-,58-/m0/s1. The van der Waals surface area contributed by atoms with Gasteiger partial charge in [-0.25, -0.2) is 0 Å². The highest BCUT2D eigenvalue weighted by molar-refractivity contribution is 7.98. The van der Waals surface area contributed by atoms with Gasteiger partial charge in [0.2, 0.25) is 76.8 Å². The Labute approximate surface area is 625 Å². The Kier molecular flexibility index (Phi) is 44.5. The highest BCUT2D eigenvalue weighted by Crippen LogP contribution is 2.21. The number of carbonyl (C=O) groups excluding carboxylic acids is 13. The highest BCUT2D eigenvalue weighted by Gasteiger charge is 2.38. The molecule has 0 saturated carbocycles. The van der Waals surface area contributed by atoms with Gasteiger partial charge in [-0.2, -0.15) is 23.5 Å². The summed E-state index contributed by atoms with van der Waals surface area (Å²) in [6, 6.07) is -8.42. The Morgan fingerprint density at radius 3 is 1.17 bits per heavy atom. The minimum absolute atomic E-state index is 0.0120. The number of benzene rings is 1. The second-order valence-corrected chi connectivity index (χ2v) is 29.8. The number of para-hydroxylation sites is 1. The minimum atomic E-state index is -1.73. The van der Waals surface area contributed by atoms with Crippen LogP contribution in [0.15, 0.2) is 30.5 Å². The van der Waals surface area contributed by atoms with Gasteiger partial charge in [-0.1, -0.05) is 59.7 Å². The maximum absolute atomic E-state index is 14.7. The van der Waals surface area contributed by atoms with Gasteiger partial charge >= 0.3 is 0 Å². The predicted molar refractivity (Wildman–Crippen MR) is 406 cm³/mol. The number of aromatic nitrogens is 1. The SMILES string of the molecule is CSCC[C@H](NC(=O)[C@@H](NC(=O)CNC(=O)[C@H](CC(C)C)NC(=O)[C@H](CCCCN)NC(=O)[C@H](CCCCN)NC(=O)[C@H](CC(C)C)NC(=O)[C@H](CCSC)NC(=O)[C@@H](NC(=O)[C@H](CCCCN)NC(=O)[C@H](Cc1c[nH]c2ccccc12)NC(=O)[C@H](CC(C)C)NC(=O)[C@H](C)N)[C@@H](C)O)[C@@H](C)O)C(N)=O. The molecule has 0 bridgehead atoms. The Balaban J connectivity index is 2.48. The fourth-order valence-electron chi connectivity index (χ4n) is 11.2. The van der Waals surface area contributed by atoms with Crippen LogP contribution in [0, 0.1) is 17.8 Å². The zero-order chi connectivity index (χ0) is 79.0. The van der Waals surface area contributed by atoms with Crippen LogP contribution >= 0.6 is 23.5 Å². The summed E-state index contributed by atoms with van der Waals surface area (Å²) in [4.78, 5) is 184. The van der Waals surface area contributed by atoms with Crippen LogP contribution in [0.4, 0.5) is 0 Å². The molecule has 35 heteroatoms. The van der Waals surface area contributed by atoms with Crippen molar-refractivity contribution in [2.75, 3.05) is 50.2 Å². The maximum atomic E-state index is 14.7. The van der Waals surface area contributed by atoms with Crippen LogP contribution < -0.4 is 92.5 Å². The molecule has 0 radical (unpaired) electrons. The molecule has 0 saturated heterocycles. The van der Waals surface area contributed by atoms with Crippen LogP contribution in [-0.4, -0.2) is 227 Å². The number of rotatable bonds is 53. The van der Waals surface area contributed by atoms with Crippen molar-refractivity contribution in [3.8, 4) is 0 Å². The third kappa shape index (κ3) is 35.1. The Morgan fingerprint density at radius 2 is 0.762 bits per heavy atom. The molecule has 2 aromatic rings. The van der Waals surface area contributed by atoms with Crippen molar-refractivity contribution in [3.63, 3.8) is 0 Å². The first-order valence-electron chi connectivity index (χ1n) is 36.3. The molecular weight excluding hydrogens is 1400 g/mol. The van der Waals surface area contributed by atoms with E-state index in [2.05, 4.69) is 68.8 Å². The third-order valence-corrected chi connectivity index (χ3v) is 18.3. The van der Waals surface area contributed by atoms with Crippen molar-refractivity contribution in [1.82, 2.24) is 68.8 Å². The zero-order valence-corrected chi connectivity index (χ0v) is 64.6. The van der Waals surface area contributed by atoms with Crippen LogP contribution in [0.3, 0.4) is 0 Å². The minimum Gasteiger partial charge on any atom is -0.391 e. The first-order valence-corrected chi connectivity index (χ1v) is 39.1. The topological polar surface area (TPSA) is 553 Å². The van der Waals surface area contributed by atoms with Gasteiger partial charge in [-0.05, 0) is 184 Å². The summed E-state index contributed by atoms with van der Waals surface area (Å²) in [5.41, 5.74) is 30.3. The van der Waals surface area contributed by atoms with E-state index in [1.807, 2.05) is 38.1 Å². The fraction of sp³-hybridized carbons (Fsp3) is 0.700. The summed E-state index contributed by atoms with van der Waals surface area (Å²) in [5.74, 6) is -10.3. The van der Waals surface area contributed by atoms with Gasteiger partial charge in [0, 0.05) is 23.5 Å². The van der Waals surface area contributed by atoms with E-state index in [1.165, 1.54) is 44.3 Å². The van der Waals surface area contributed by atoms with E-state index in [1.54, 1.807) is 46.4 Å². The lowest BCUT2D eigenvalue weighted by Crippen LogP contribution is -2.62. The molecule has 0 aliphatic heterocycles. The lowest BCUT2D eigenvalue weighted by molar-refractivity contribution is -0.137. The molecule has 0 aliphatic rings. The first-order chi connectivity index (χ1) is 49.6. The largest absolute Gasteiger partial charge is 0.391 e. The van der Waals surface area contributed by atoms with Gasteiger partial charge in [0.15, 0.2) is 0 Å². The number of fused-ring (bicyclic) bond motifs is 1. The van der Waals surface area contributed by atoms with Crippen molar-refractivity contribution in [3.05, 3.63) is 36.0 Å². The molecule has 105 heavy (non-hydrogen) atoms. The van der Waals surface area contributed by atoms with Crippen LogP contribution in [-0.2, 0) is 68.7 Å². The van der Waals surface area contributed by atoms with Crippen molar-refractivity contribution in [2.24, 2.45) is 46.4 Å². The van der Waals surface area contributed by atoms with Gasteiger partial charge in [-0.15, -0.1) is 0 Å². The predicted octanol–water partition coefficient (Wildman–Crippen LogP) is -2.22. The smallest absolute Gasteiger partial charge is 0.245 e. The van der Waals surface area contributed by atoms with Crippen molar-refractivity contribution in [2.45, 2.75) is 243 Å². The number of aliphatic hydroxyl groups is 2. The molecule has 0 unspecified atom stereocenters. The van der Waals surface area contributed by atoms with Crippen molar-refractivity contribution < 1.29 is 72.5 Å². The normalized spacial score (nSPS) is 15.5. The summed E-state index contributed by atoms with van der Waals surface area (Å²) in [6.07, 6.45) is 4.88. The van der Waals surface area contributed by atoms with Crippen LogP contribution in [0.1, 0.15) is 158 Å². The van der Waals surface area contributed by atoms with E-state index in [0.717, 1.165) is 10.9 Å². The molecular formula is C70H122N18O15S2. The summed E-state index contributed by atoms with van der Waals surface area (Å²) in [5, 5.41) is 54.0. The highest BCUT2D eigenvalue weighted by atomic mass is 32.2. The molecule has 0 fully saturated rings. The molecule has 1 heterocycles. The molecule has 33 nitrogen and oxygen atoms in total. The number of H-pyrrole nitrogens is 1. The van der Waals surface area contributed by atoms with E-state index >= 15 is 0 Å². The van der Waals surface area contributed by atoms with E-state index in [9.17, 15) is 72.5 Å². The first kappa shape index (κ1) is 93.4. The lowest BCUT2D eigenvalue weighted by Gasteiger charge is -2.29. The summed E-state index contributed by atoms with van der Waals surface area (Å²) < 4.78 is 0. The quantitative estimate of drug-likeness (QED) is 0.0312. The summed E-state index contributed by atoms with van der Waals surface area (Å²) in [6.45, 7) is 14.8. The van der Waals surface area contributed by atoms with Crippen molar-refractivity contribution >= 4 is 111 Å². The van der Waals surface area contributed by atoms with E-state index < -0.39 is 168 Å². The van der Waals surface area contributed by atoms with E-state index in [0.29, 0.717) is 55.6 Å². The molecule has 1 aromatic heterocycles. The van der Waals surface area contributed by atoms with Crippen LogP contribution in [0.5, 0.6) is 0 Å². The Morgan fingerprint density at radius 1 is 0.419 bits per heavy atom. The number of amides is 13. The average Bonchev–Trinajstić information content (AvgIpc) is 1.70. The molecule has 0 aliphatic carbocycles. The molecule has 594 valence electrons. The number of carbonyl (C=O) groups is 13. The summed E-state index contributed by atoms with van der Waals surface area (Å²) >= 11 is 2.75. The van der Waals surface area contributed by atoms with Gasteiger partial charge in [-0.3, -0.25) is 62.3 Å². The number of primary amides is 1. The number of nitrogens with one attached hydrogen (secondary N) is 13. The Bertz CT molecular complexity index is 3100. The second kappa shape index (κ2) is 50.0. The fourth-order valence-corrected chi connectivity index (χ4v) is 12.1. The molecule has 2 rings (SSSR count). The number of unbranched alkanes of at least 4 members (excludes halogenated alkanes) is 3. The number of aliphatic hydroxyl groups excluding tert-OH is 2. The molecule has 0 spiro atoms. The van der Waals surface area contributed by atoms with E-state index in [4.69, 9.17) is 28.7 Å². The van der Waals surface area contributed by atoms with Crippen LogP contribution in [0.25, 0.3) is 10.9 Å². The number of hydrogen-bond acceptors (Lipinski definition) is 21. The summed E-state index contributed by atoms with van der Waals surface area (Å²) in [7, 11) is 0. The van der Waals surface area contributed by atoms with Crippen LogP contribution in [0.2, 0.25) is 0 Å². The Hall–Kier alpha value is -7.67. The second-order valence-electron chi connectivity index (χ2n) is 27.8. The lowest BCUT2D eigenvalue weighted by atomic mass is 10.00. The molecule has 25 N–H and O–H groups in total. The zero-order valence-electron chi connectivity index (χ0n) is 63.0.